The van der Waals surface area contributed by atoms with E-state index in [1.807, 2.05) is 13.8 Å². The molecule has 0 aromatic heterocycles. The first kappa shape index (κ1) is 34.7. The van der Waals surface area contributed by atoms with Crippen molar-refractivity contribution in [1.82, 2.24) is 0 Å². The van der Waals surface area contributed by atoms with Crippen LogP contribution in [0.25, 0.3) is 0 Å². The summed E-state index contributed by atoms with van der Waals surface area (Å²) in [4.78, 5) is 0. The Bertz CT molecular complexity index is 574. The molecule has 2 saturated heterocycles. The lowest BCUT2D eigenvalue weighted by molar-refractivity contribution is -0.206. The molecule has 8 nitrogen and oxygen atoms in total. The number of hydrogen-bond donors (Lipinski definition) is 4. The van der Waals surface area contributed by atoms with Crippen LogP contribution in [0.1, 0.15) is 113 Å². The Morgan fingerprint density at radius 2 is 0.892 bits per heavy atom. The third kappa shape index (κ3) is 9.98. The van der Waals surface area contributed by atoms with E-state index in [1.54, 1.807) is 0 Å². The second-order valence-corrected chi connectivity index (χ2v) is 12.9. The maximum atomic E-state index is 10.7. The monoisotopic (exact) mass is 534 g/mol. The van der Waals surface area contributed by atoms with Crippen molar-refractivity contribution in [2.24, 2.45) is 10.8 Å². The summed E-state index contributed by atoms with van der Waals surface area (Å²) in [7, 11) is 1.00. The molecule has 222 valence electrons. The highest BCUT2D eigenvalue weighted by Gasteiger charge is 2.48. The molecular formula is C29H58O8. The highest BCUT2D eigenvalue weighted by molar-refractivity contribution is 4.95. The second-order valence-electron chi connectivity index (χ2n) is 12.9. The number of ether oxygens (including phenoxy) is 4. The highest BCUT2D eigenvalue weighted by Crippen LogP contribution is 2.46. The molecule has 37 heavy (non-hydrogen) atoms. The SMILES string of the molecule is C.CC(C)(CO)CC1(O)CCC2(CC1)OCCO2.CCC(C)(C)CC1(O)CCC2(CC1)OCCO2.CO. The van der Waals surface area contributed by atoms with Crippen LogP contribution in [-0.4, -0.2) is 83.3 Å². The van der Waals surface area contributed by atoms with Crippen LogP contribution in [-0.2, 0) is 18.9 Å². The zero-order valence-corrected chi connectivity index (χ0v) is 23.7. The molecule has 2 saturated carbocycles. The Morgan fingerprint density at radius 1 is 0.595 bits per heavy atom. The largest absolute Gasteiger partial charge is 0.400 e. The number of aliphatic hydroxyl groups is 4. The molecule has 4 N–H and O–H groups in total. The van der Waals surface area contributed by atoms with Crippen molar-refractivity contribution < 1.29 is 39.4 Å². The third-order valence-electron chi connectivity index (χ3n) is 8.51. The molecule has 8 heteroatoms. The van der Waals surface area contributed by atoms with Gasteiger partial charge in [-0.2, -0.15) is 0 Å². The lowest BCUT2D eigenvalue weighted by Crippen LogP contribution is -2.46. The van der Waals surface area contributed by atoms with Gasteiger partial charge in [0, 0.05) is 39.4 Å². The second kappa shape index (κ2) is 13.8. The van der Waals surface area contributed by atoms with Gasteiger partial charge in [0.1, 0.15) is 0 Å². The summed E-state index contributed by atoms with van der Waals surface area (Å²) in [5.74, 6) is -0.780. The Hall–Kier alpha value is -0.320. The molecule has 2 aliphatic heterocycles. The van der Waals surface area contributed by atoms with Gasteiger partial charge in [0.25, 0.3) is 0 Å². The minimum Gasteiger partial charge on any atom is -0.400 e. The van der Waals surface area contributed by atoms with E-state index in [2.05, 4.69) is 20.8 Å². The van der Waals surface area contributed by atoms with Crippen LogP contribution in [0.3, 0.4) is 0 Å². The normalized spacial score (nSPS) is 28.1. The summed E-state index contributed by atoms with van der Waals surface area (Å²) < 4.78 is 22.7. The summed E-state index contributed by atoms with van der Waals surface area (Å²) in [6.45, 7) is 13.5. The lowest BCUT2D eigenvalue weighted by atomic mass is 9.71. The molecule has 2 spiro atoms. The van der Waals surface area contributed by atoms with E-state index in [-0.39, 0.29) is 30.7 Å². The van der Waals surface area contributed by atoms with E-state index in [0.717, 1.165) is 58.5 Å². The van der Waals surface area contributed by atoms with Crippen molar-refractivity contribution in [3.8, 4) is 0 Å². The highest BCUT2D eigenvalue weighted by atomic mass is 16.7. The van der Waals surface area contributed by atoms with Gasteiger partial charge in [-0.05, 0) is 49.4 Å². The average Bonchev–Trinajstić information content (AvgIpc) is 3.50. The van der Waals surface area contributed by atoms with Crippen LogP contribution in [0.2, 0.25) is 0 Å². The van der Waals surface area contributed by atoms with Gasteiger partial charge in [0.2, 0.25) is 0 Å². The van der Waals surface area contributed by atoms with Crippen molar-refractivity contribution in [3.05, 3.63) is 0 Å². The van der Waals surface area contributed by atoms with E-state index in [4.69, 9.17) is 24.1 Å². The predicted molar refractivity (Wildman–Crippen MR) is 145 cm³/mol. The van der Waals surface area contributed by atoms with Gasteiger partial charge in [-0.1, -0.05) is 48.5 Å². The number of aliphatic hydroxyl groups excluding tert-OH is 2. The summed E-state index contributed by atoms with van der Waals surface area (Å²) >= 11 is 0. The fourth-order valence-corrected chi connectivity index (χ4v) is 6.08. The summed E-state index contributed by atoms with van der Waals surface area (Å²) in [6.07, 6.45) is 8.79. The van der Waals surface area contributed by atoms with Crippen LogP contribution in [0, 0.1) is 10.8 Å². The van der Waals surface area contributed by atoms with Gasteiger partial charge < -0.3 is 39.4 Å². The Morgan fingerprint density at radius 3 is 1.16 bits per heavy atom. The zero-order valence-electron chi connectivity index (χ0n) is 23.7. The number of hydrogen-bond acceptors (Lipinski definition) is 8. The fraction of sp³-hybridized carbons (Fsp3) is 1.00. The van der Waals surface area contributed by atoms with Gasteiger partial charge in [0.05, 0.1) is 37.6 Å². The smallest absolute Gasteiger partial charge is 0.168 e. The van der Waals surface area contributed by atoms with E-state index in [9.17, 15) is 15.3 Å². The van der Waals surface area contributed by atoms with E-state index >= 15 is 0 Å². The minimum atomic E-state index is -0.674. The van der Waals surface area contributed by atoms with Crippen molar-refractivity contribution in [3.63, 3.8) is 0 Å². The molecule has 0 aromatic carbocycles. The Balaban J connectivity index is 0.000000338. The van der Waals surface area contributed by atoms with Crippen molar-refractivity contribution >= 4 is 0 Å². The van der Waals surface area contributed by atoms with Gasteiger partial charge in [-0.25, -0.2) is 0 Å². The first-order valence-corrected chi connectivity index (χ1v) is 13.8. The molecule has 4 rings (SSSR count). The maximum absolute atomic E-state index is 10.7. The van der Waals surface area contributed by atoms with Gasteiger partial charge in [-0.3, -0.25) is 0 Å². The first-order chi connectivity index (χ1) is 16.8. The van der Waals surface area contributed by atoms with Gasteiger partial charge in [-0.15, -0.1) is 0 Å². The third-order valence-corrected chi connectivity index (χ3v) is 8.51. The molecular weight excluding hydrogens is 476 g/mol. The summed E-state index contributed by atoms with van der Waals surface area (Å²) in [6, 6.07) is 0. The quantitative estimate of drug-likeness (QED) is 0.392. The summed E-state index contributed by atoms with van der Waals surface area (Å²) in [5.41, 5.74) is -1.19. The van der Waals surface area contributed by atoms with E-state index in [1.165, 1.54) is 0 Å². The molecule has 4 aliphatic rings. The molecule has 4 fully saturated rings. The molecule has 0 aromatic rings. The van der Waals surface area contributed by atoms with Gasteiger partial charge in [0.15, 0.2) is 11.6 Å². The predicted octanol–water partition coefficient (Wildman–Crippen LogP) is 4.55. The molecule has 2 aliphatic carbocycles. The standard InChI is InChI=1S/C14H26O3.C13H24O4.CH4O.CH4/c1-4-12(2,3)11-13(15)5-7-14(8-6-13)16-9-10-17-14;1-11(2,10-14)9-12(15)3-5-13(6-4-12)16-7-8-17-13;1-2;/h15H,4-11H2,1-3H3;14-15H,3-10H2,1-2H3;2H,1H3;1H4. The van der Waals surface area contributed by atoms with Crippen molar-refractivity contribution in [2.45, 2.75) is 135 Å². The van der Waals surface area contributed by atoms with Crippen LogP contribution >= 0.6 is 0 Å². The average molecular weight is 535 g/mol. The molecule has 0 bridgehead atoms. The van der Waals surface area contributed by atoms with Crippen LogP contribution in [0.4, 0.5) is 0 Å². The maximum Gasteiger partial charge on any atom is 0.168 e. The van der Waals surface area contributed by atoms with Crippen LogP contribution in [0.15, 0.2) is 0 Å². The Kier molecular flexibility index (Phi) is 13.0. The van der Waals surface area contributed by atoms with Gasteiger partial charge >= 0.3 is 0 Å². The van der Waals surface area contributed by atoms with Crippen molar-refractivity contribution in [2.75, 3.05) is 40.1 Å². The van der Waals surface area contributed by atoms with Crippen LogP contribution in [0.5, 0.6) is 0 Å². The first-order valence-electron chi connectivity index (χ1n) is 13.8. The van der Waals surface area contributed by atoms with Crippen molar-refractivity contribution in [1.29, 1.82) is 0 Å². The lowest BCUT2D eigenvalue weighted by Gasteiger charge is -2.43. The molecule has 0 amide bonds. The topological polar surface area (TPSA) is 118 Å². The zero-order chi connectivity index (χ0) is 27.1. The molecule has 0 atom stereocenters. The minimum absolute atomic E-state index is 0. The molecule has 0 radical (unpaired) electrons. The van der Waals surface area contributed by atoms with E-state index in [0.29, 0.717) is 45.7 Å². The number of rotatable bonds is 6. The fourth-order valence-electron chi connectivity index (χ4n) is 6.08. The Labute approximate surface area is 226 Å². The molecule has 0 unspecified atom stereocenters. The summed E-state index contributed by atoms with van der Waals surface area (Å²) in [5, 5.41) is 37.5. The van der Waals surface area contributed by atoms with Crippen LogP contribution < -0.4 is 0 Å². The molecule has 2 heterocycles. The van der Waals surface area contributed by atoms with E-state index < -0.39 is 17.0 Å².